The van der Waals surface area contributed by atoms with Crippen LogP contribution in [0.4, 0.5) is 0 Å². The Balaban J connectivity index is 2.04. The molecule has 0 aliphatic carbocycles. The minimum absolute atomic E-state index is 0.134. The predicted octanol–water partition coefficient (Wildman–Crippen LogP) is 4.28. The third-order valence-electron chi connectivity index (χ3n) is 3.05. The van der Waals surface area contributed by atoms with Gasteiger partial charge < -0.3 is 10.1 Å². The Bertz CT molecular complexity index is 627. The zero-order valence-corrected chi connectivity index (χ0v) is 14.7. The van der Waals surface area contributed by atoms with E-state index < -0.39 is 0 Å². The molecule has 0 aliphatic rings. The van der Waals surface area contributed by atoms with Crippen molar-refractivity contribution >= 4 is 37.8 Å². The van der Waals surface area contributed by atoms with Crippen molar-refractivity contribution in [1.82, 2.24) is 5.32 Å². The van der Waals surface area contributed by atoms with Crippen molar-refractivity contribution in [2.75, 3.05) is 7.11 Å². The molecule has 1 amide bonds. The van der Waals surface area contributed by atoms with Crippen molar-refractivity contribution in [1.29, 1.82) is 0 Å². The van der Waals surface area contributed by atoms with Gasteiger partial charge in [0.05, 0.1) is 12.7 Å². The summed E-state index contributed by atoms with van der Waals surface area (Å²) in [7, 11) is 1.58. The van der Waals surface area contributed by atoms with Gasteiger partial charge in [-0.25, -0.2) is 0 Å². The summed E-state index contributed by atoms with van der Waals surface area (Å²) < 4.78 is 5.89. The number of methoxy groups -OCH3 is 1. The second-order valence-electron chi connectivity index (χ2n) is 4.48. The smallest absolute Gasteiger partial charge is 0.252 e. The molecule has 2 aromatic rings. The molecule has 2 rings (SSSR count). The Morgan fingerprint density at radius 1 is 1.14 bits per heavy atom. The van der Waals surface area contributed by atoms with E-state index in [0.717, 1.165) is 15.4 Å². The van der Waals surface area contributed by atoms with Gasteiger partial charge in [-0.15, -0.1) is 0 Å². The van der Waals surface area contributed by atoms with Crippen LogP contribution in [0.5, 0.6) is 5.75 Å². The fraction of sp³-hybridized carbons (Fsp3) is 0.188. The van der Waals surface area contributed by atoms with Gasteiger partial charge in [0.25, 0.3) is 5.91 Å². The second kappa shape index (κ2) is 7.61. The molecule has 0 radical (unpaired) electrons. The molecule has 21 heavy (non-hydrogen) atoms. The first-order chi connectivity index (χ1) is 10.1. The van der Waals surface area contributed by atoms with Gasteiger partial charge in [-0.3, -0.25) is 4.79 Å². The average molecular weight is 413 g/mol. The molecule has 0 aromatic heterocycles. The molecule has 3 nitrogen and oxygen atoms in total. The molecular weight excluding hydrogens is 398 g/mol. The number of amides is 1. The monoisotopic (exact) mass is 411 g/mol. The Kier molecular flexibility index (Phi) is 5.82. The van der Waals surface area contributed by atoms with Crippen LogP contribution in [0, 0.1) is 0 Å². The van der Waals surface area contributed by atoms with Crippen LogP contribution >= 0.6 is 31.9 Å². The van der Waals surface area contributed by atoms with Gasteiger partial charge in [0, 0.05) is 16.3 Å². The van der Waals surface area contributed by atoms with Crippen molar-refractivity contribution in [3.63, 3.8) is 0 Å². The molecule has 110 valence electrons. The summed E-state index contributed by atoms with van der Waals surface area (Å²) >= 11 is 6.79. The van der Waals surface area contributed by atoms with E-state index in [0.29, 0.717) is 17.9 Å². The average Bonchev–Trinajstić information content (AvgIpc) is 2.53. The zero-order valence-electron chi connectivity index (χ0n) is 11.5. The molecule has 2 aromatic carbocycles. The van der Waals surface area contributed by atoms with E-state index in [1.165, 1.54) is 5.56 Å². The maximum absolute atomic E-state index is 12.2. The number of benzene rings is 2. The fourth-order valence-corrected chi connectivity index (χ4v) is 2.63. The van der Waals surface area contributed by atoms with Crippen LogP contribution < -0.4 is 10.1 Å². The Morgan fingerprint density at radius 3 is 2.43 bits per heavy atom. The lowest BCUT2D eigenvalue weighted by molar-refractivity contribution is 0.0950. The summed E-state index contributed by atoms with van der Waals surface area (Å²) in [5.74, 6) is 0.523. The van der Waals surface area contributed by atoms with Crippen LogP contribution in [0.25, 0.3) is 0 Å². The molecular formula is C16H15Br2NO2. The second-order valence-corrected chi connectivity index (χ2v) is 5.89. The normalized spacial score (nSPS) is 10.2. The van der Waals surface area contributed by atoms with Crippen LogP contribution in [-0.2, 0) is 11.9 Å². The number of hydrogen-bond acceptors (Lipinski definition) is 2. The van der Waals surface area contributed by atoms with Crippen LogP contribution in [0.15, 0.2) is 46.9 Å². The van der Waals surface area contributed by atoms with Crippen molar-refractivity contribution in [3.05, 3.63) is 63.6 Å². The van der Waals surface area contributed by atoms with Crippen LogP contribution in [0.2, 0.25) is 0 Å². The maximum Gasteiger partial charge on any atom is 0.252 e. The third-order valence-corrected chi connectivity index (χ3v) is 4.39. The number of nitrogens with one attached hydrogen (secondary N) is 1. The van der Waals surface area contributed by atoms with Crippen LogP contribution in [0.3, 0.4) is 0 Å². The van der Waals surface area contributed by atoms with E-state index >= 15 is 0 Å². The highest BCUT2D eigenvalue weighted by atomic mass is 79.9. The number of alkyl halides is 1. The first kappa shape index (κ1) is 16.0. The Hall–Kier alpha value is -1.33. The van der Waals surface area contributed by atoms with Gasteiger partial charge in [-0.2, -0.15) is 0 Å². The summed E-state index contributed by atoms with van der Waals surface area (Å²) in [6.45, 7) is 0.491. The lowest BCUT2D eigenvalue weighted by Crippen LogP contribution is -2.23. The Labute approximate surface area is 141 Å². The van der Waals surface area contributed by atoms with Crippen molar-refractivity contribution in [2.45, 2.75) is 11.9 Å². The number of carbonyl (C=O) groups excluding carboxylic acids is 1. The largest absolute Gasteiger partial charge is 0.497 e. The summed E-state index contributed by atoms with van der Waals surface area (Å²) in [6, 6.07) is 13.4. The molecule has 5 heteroatoms. The van der Waals surface area contributed by atoms with Crippen molar-refractivity contribution in [3.8, 4) is 5.75 Å². The van der Waals surface area contributed by atoms with Crippen molar-refractivity contribution < 1.29 is 9.53 Å². The van der Waals surface area contributed by atoms with Gasteiger partial charge in [-0.05, 0) is 45.3 Å². The summed E-state index contributed by atoms with van der Waals surface area (Å²) in [4.78, 5) is 12.2. The number of ether oxygens (including phenoxy) is 1. The number of hydrogen-bond donors (Lipinski definition) is 1. The molecule has 0 saturated carbocycles. The van der Waals surface area contributed by atoms with E-state index in [1.807, 2.05) is 24.3 Å². The lowest BCUT2D eigenvalue weighted by Gasteiger charge is -2.09. The molecule has 0 atom stereocenters. The number of halogens is 2. The topological polar surface area (TPSA) is 38.3 Å². The minimum Gasteiger partial charge on any atom is -0.497 e. The van der Waals surface area contributed by atoms with Gasteiger partial charge >= 0.3 is 0 Å². The van der Waals surface area contributed by atoms with Crippen LogP contribution in [-0.4, -0.2) is 13.0 Å². The van der Waals surface area contributed by atoms with Gasteiger partial charge in [0.2, 0.25) is 0 Å². The maximum atomic E-state index is 12.2. The standard InChI is InChI=1S/C16H15Br2NO2/c1-21-13-6-7-15(18)14(8-13)16(20)19-10-12-4-2-11(9-17)3-5-12/h2-8H,9-10H2,1H3,(H,19,20). The molecule has 0 aliphatic heterocycles. The number of carbonyl (C=O) groups is 1. The molecule has 1 N–H and O–H groups in total. The molecule has 0 bridgehead atoms. The van der Waals surface area contributed by atoms with Gasteiger partial charge in [-0.1, -0.05) is 40.2 Å². The van der Waals surface area contributed by atoms with Crippen molar-refractivity contribution in [2.24, 2.45) is 0 Å². The third kappa shape index (κ3) is 4.32. The van der Waals surface area contributed by atoms with E-state index in [1.54, 1.807) is 25.3 Å². The minimum atomic E-state index is -0.134. The van der Waals surface area contributed by atoms with Gasteiger partial charge in [0.15, 0.2) is 0 Å². The first-order valence-electron chi connectivity index (χ1n) is 6.39. The Morgan fingerprint density at radius 2 is 1.81 bits per heavy atom. The molecule has 0 fully saturated rings. The van der Waals surface area contributed by atoms with E-state index in [-0.39, 0.29) is 5.91 Å². The molecule has 0 spiro atoms. The lowest BCUT2D eigenvalue weighted by atomic mass is 10.1. The van der Waals surface area contributed by atoms with Crippen LogP contribution in [0.1, 0.15) is 21.5 Å². The van der Waals surface area contributed by atoms with E-state index in [9.17, 15) is 4.79 Å². The molecule has 0 saturated heterocycles. The highest BCUT2D eigenvalue weighted by molar-refractivity contribution is 9.10. The highest BCUT2D eigenvalue weighted by Crippen LogP contribution is 2.22. The summed E-state index contributed by atoms with van der Waals surface area (Å²) in [6.07, 6.45) is 0. The fourth-order valence-electron chi connectivity index (χ4n) is 1.83. The highest BCUT2D eigenvalue weighted by Gasteiger charge is 2.11. The van der Waals surface area contributed by atoms with Gasteiger partial charge in [0.1, 0.15) is 5.75 Å². The molecule has 0 heterocycles. The van der Waals surface area contributed by atoms with E-state index in [4.69, 9.17) is 4.74 Å². The van der Waals surface area contributed by atoms with E-state index in [2.05, 4.69) is 37.2 Å². The zero-order chi connectivity index (χ0) is 15.2. The SMILES string of the molecule is COc1ccc(Br)c(C(=O)NCc2ccc(CBr)cc2)c1. The summed E-state index contributed by atoms with van der Waals surface area (Å²) in [5.41, 5.74) is 2.83. The quantitative estimate of drug-likeness (QED) is 0.744. The number of rotatable bonds is 5. The predicted molar refractivity (Wildman–Crippen MR) is 90.9 cm³/mol. The molecule has 0 unspecified atom stereocenters. The first-order valence-corrected chi connectivity index (χ1v) is 8.31. The summed E-state index contributed by atoms with van der Waals surface area (Å²) in [5, 5.41) is 3.74.